The van der Waals surface area contributed by atoms with Crippen molar-refractivity contribution in [3.05, 3.63) is 29.6 Å². The van der Waals surface area contributed by atoms with Crippen LogP contribution in [0.1, 0.15) is 12.5 Å². The number of halogens is 2. The van der Waals surface area contributed by atoms with E-state index in [0.29, 0.717) is 12.1 Å². The monoisotopic (exact) mass is 296 g/mol. The molecule has 0 fully saturated rings. The van der Waals surface area contributed by atoms with Crippen LogP contribution in [0.2, 0.25) is 0 Å². The van der Waals surface area contributed by atoms with Crippen LogP contribution in [0.4, 0.5) is 4.39 Å². The summed E-state index contributed by atoms with van der Waals surface area (Å²) in [5.74, 6) is -0.691. The number of likely N-dealkylation sites (N-methyl/N-ethyl adjacent to an activating group) is 1. The molecule has 0 bridgehead atoms. The fourth-order valence-electron chi connectivity index (χ4n) is 1.36. The van der Waals surface area contributed by atoms with E-state index in [4.69, 9.17) is 0 Å². The van der Waals surface area contributed by atoms with Gasteiger partial charge in [-0.25, -0.2) is 17.5 Å². The molecule has 4 nitrogen and oxygen atoms in total. The molecule has 0 heterocycles. The second-order valence-electron chi connectivity index (χ2n) is 3.64. The van der Waals surface area contributed by atoms with Gasteiger partial charge in [-0.3, -0.25) is 0 Å². The second-order valence-corrected chi connectivity index (χ2v) is 5.37. The van der Waals surface area contributed by atoms with Gasteiger partial charge in [-0.15, -0.1) is 12.4 Å². The summed E-state index contributed by atoms with van der Waals surface area (Å²) in [7, 11) is -3.76. The van der Waals surface area contributed by atoms with Gasteiger partial charge >= 0.3 is 0 Å². The van der Waals surface area contributed by atoms with Crippen molar-refractivity contribution in [2.24, 2.45) is 0 Å². The Balaban J connectivity index is 0.00000289. The maximum Gasteiger partial charge on any atom is 0.243 e. The van der Waals surface area contributed by atoms with E-state index >= 15 is 0 Å². The van der Waals surface area contributed by atoms with Gasteiger partial charge in [-0.2, -0.15) is 0 Å². The van der Waals surface area contributed by atoms with Crippen LogP contribution >= 0.6 is 12.4 Å². The van der Waals surface area contributed by atoms with Crippen LogP contribution < -0.4 is 10.0 Å². The first kappa shape index (κ1) is 17.3. The smallest absolute Gasteiger partial charge is 0.243 e. The van der Waals surface area contributed by atoms with Crippen LogP contribution in [0.5, 0.6) is 0 Å². The number of hydrogen-bond donors (Lipinski definition) is 2. The number of hydrogen-bond acceptors (Lipinski definition) is 3. The predicted octanol–water partition coefficient (Wildman–Crippen LogP) is 1.44. The van der Waals surface area contributed by atoms with Gasteiger partial charge < -0.3 is 5.32 Å². The summed E-state index contributed by atoms with van der Waals surface area (Å²) in [5, 5.41) is 2.98. The number of benzene rings is 1. The van der Waals surface area contributed by atoms with Gasteiger partial charge in [0.2, 0.25) is 10.0 Å². The Bertz CT molecular complexity index is 480. The Morgan fingerprint density at radius 3 is 2.56 bits per heavy atom. The third kappa shape index (κ3) is 4.53. The van der Waals surface area contributed by atoms with Gasteiger partial charge in [0.15, 0.2) is 0 Å². The lowest BCUT2D eigenvalue weighted by Crippen LogP contribution is -2.32. The zero-order valence-corrected chi connectivity index (χ0v) is 12.0. The lowest BCUT2D eigenvalue weighted by molar-refractivity contribution is 0.551. The van der Waals surface area contributed by atoms with E-state index in [1.807, 2.05) is 6.92 Å². The number of nitrogens with one attached hydrogen (secondary N) is 2. The first-order valence-corrected chi connectivity index (χ1v) is 6.93. The van der Waals surface area contributed by atoms with Crippen molar-refractivity contribution in [2.45, 2.75) is 18.7 Å². The number of aryl methyl sites for hydroxylation is 1. The molecular formula is C11H18ClFN2O2S. The molecule has 1 rings (SSSR count). The Morgan fingerprint density at radius 2 is 1.94 bits per heavy atom. The van der Waals surface area contributed by atoms with Crippen LogP contribution in [0.25, 0.3) is 0 Å². The molecule has 0 unspecified atom stereocenters. The second kappa shape index (κ2) is 7.68. The normalized spacial score (nSPS) is 11.1. The molecule has 2 N–H and O–H groups in total. The van der Waals surface area contributed by atoms with E-state index < -0.39 is 15.8 Å². The first-order chi connectivity index (χ1) is 7.99. The molecule has 0 radical (unpaired) electrons. The molecule has 0 amide bonds. The summed E-state index contributed by atoms with van der Waals surface area (Å²) in [4.78, 5) is -0.297. The minimum atomic E-state index is -3.76. The van der Waals surface area contributed by atoms with E-state index in [9.17, 15) is 12.8 Å². The van der Waals surface area contributed by atoms with Gasteiger partial charge in [-0.05, 0) is 25.1 Å². The molecule has 18 heavy (non-hydrogen) atoms. The van der Waals surface area contributed by atoms with Gasteiger partial charge in [0.05, 0.1) is 0 Å². The van der Waals surface area contributed by atoms with Gasteiger partial charge in [-0.1, -0.05) is 19.1 Å². The molecule has 104 valence electrons. The third-order valence-electron chi connectivity index (χ3n) is 2.29. The summed E-state index contributed by atoms with van der Waals surface area (Å²) in [5.41, 5.74) is 0.319. The van der Waals surface area contributed by atoms with Crippen LogP contribution in [-0.2, 0) is 10.0 Å². The standard InChI is InChI=1S/C11H17FN2O2S.ClH/c1-3-13-7-8-14-17(15,16)10-6-4-5-9(2)11(10)12;/h4-6,13-14H,3,7-8H2,1-2H3;1H. The van der Waals surface area contributed by atoms with Crippen molar-refractivity contribution in [1.29, 1.82) is 0 Å². The highest BCUT2D eigenvalue weighted by atomic mass is 35.5. The summed E-state index contributed by atoms with van der Waals surface area (Å²) in [6.45, 7) is 4.98. The van der Waals surface area contributed by atoms with Crippen molar-refractivity contribution >= 4 is 22.4 Å². The van der Waals surface area contributed by atoms with Gasteiger partial charge in [0.25, 0.3) is 0 Å². The van der Waals surface area contributed by atoms with Crippen molar-refractivity contribution in [2.75, 3.05) is 19.6 Å². The fourth-order valence-corrected chi connectivity index (χ4v) is 2.54. The molecule has 0 atom stereocenters. The third-order valence-corrected chi connectivity index (χ3v) is 3.77. The molecule has 0 aliphatic carbocycles. The lowest BCUT2D eigenvalue weighted by Gasteiger charge is -2.08. The Labute approximate surface area is 113 Å². The van der Waals surface area contributed by atoms with Gasteiger partial charge in [0, 0.05) is 13.1 Å². The number of sulfonamides is 1. The van der Waals surface area contributed by atoms with E-state index in [1.165, 1.54) is 25.1 Å². The topological polar surface area (TPSA) is 58.2 Å². The average molecular weight is 297 g/mol. The largest absolute Gasteiger partial charge is 0.316 e. The van der Waals surface area contributed by atoms with Crippen molar-refractivity contribution < 1.29 is 12.8 Å². The average Bonchev–Trinajstić information content (AvgIpc) is 2.28. The molecule has 1 aromatic rings. The summed E-state index contributed by atoms with van der Waals surface area (Å²) >= 11 is 0. The summed E-state index contributed by atoms with van der Waals surface area (Å²) in [6, 6.07) is 4.32. The van der Waals surface area contributed by atoms with Crippen LogP contribution in [0.3, 0.4) is 0 Å². The first-order valence-electron chi connectivity index (χ1n) is 5.44. The maximum atomic E-state index is 13.6. The van der Waals surface area contributed by atoms with Crippen LogP contribution in [0.15, 0.2) is 23.1 Å². The van der Waals surface area contributed by atoms with E-state index in [2.05, 4.69) is 10.0 Å². The highest BCUT2D eigenvalue weighted by Gasteiger charge is 2.19. The lowest BCUT2D eigenvalue weighted by atomic mass is 10.2. The van der Waals surface area contributed by atoms with Crippen molar-refractivity contribution in [3.63, 3.8) is 0 Å². The maximum absolute atomic E-state index is 13.6. The highest BCUT2D eigenvalue weighted by Crippen LogP contribution is 2.16. The highest BCUT2D eigenvalue weighted by molar-refractivity contribution is 7.89. The molecule has 0 saturated heterocycles. The van der Waals surface area contributed by atoms with Crippen molar-refractivity contribution in [1.82, 2.24) is 10.0 Å². The van der Waals surface area contributed by atoms with Crippen molar-refractivity contribution in [3.8, 4) is 0 Å². The van der Waals surface area contributed by atoms with E-state index in [1.54, 1.807) is 0 Å². The van der Waals surface area contributed by atoms with Gasteiger partial charge in [0.1, 0.15) is 10.7 Å². The molecule has 0 aromatic heterocycles. The predicted molar refractivity (Wildman–Crippen MR) is 72.1 cm³/mol. The molecular weight excluding hydrogens is 279 g/mol. The van der Waals surface area contributed by atoms with E-state index in [-0.39, 0.29) is 23.8 Å². The summed E-state index contributed by atoms with van der Waals surface area (Å²) < 4.78 is 39.6. The Kier molecular flexibility index (Phi) is 7.39. The molecule has 0 saturated carbocycles. The fraction of sp³-hybridized carbons (Fsp3) is 0.455. The minimum absolute atomic E-state index is 0. The Morgan fingerprint density at radius 1 is 1.28 bits per heavy atom. The molecule has 1 aromatic carbocycles. The zero-order chi connectivity index (χ0) is 12.9. The van der Waals surface area contributed by atoms with Crippen LogP contribution in [0, 0.1) is 12.7 Å². The Hall–Kier alpha value is -0.690. The number of rotatable bonds is 6. The van der Waals surface area contributed by atoms with E-state index in [0.717, 1.165) is 6.54 Å². The molecule has 0 aliphatic heterocycles. The molecule has 0 aliphatic rings. The van der Waals surface area contributed by atoms with Crippen LogP contribution in [-0.4, -0.2) is 28.1 Å². The minimum Gasteiger partial charge on any atom is -0.316 e. The summed E-state index contributed by atoms with van der Waals surface area (Å²) in [6.07, 6.45) is 0. The quantitative estimate of drug-likeness (QED) is 0.781. The SMILES string of the molecule is CCNCCNS(=O)(=O)c1cccc(C)c1F.Cl. The molecule has 0 spiro atoms. The zero-order valence-electron chi connectivity index (χ0n) is 10.4. The molecule has 7 heteroatoms.